The van der Waals surface area contributed by atoms with Gasteiger partial charge in [0, 0.05) is 0 Å². The molecule has 11 heavy (non-hydrogen) atoms. The van der Waals surface area contributed by atoms with E-state index in [0.717, 1.165) is 0 Å². The van der Waals surface area contributed by atoms with Gasteiger partial charge in [0.15, 0.2) is 5.97 Å². The first-order valence-corrected chi connectivity index (χ1v) is 16.9. The Labute approximate surface area is 88.8 Å². The molecule has 0 radical (unpaired) electrons. The summed E-state index contributed by atoms with van der Waals surface area (Å²) in [6.45, 7) is 8.47. The fourth-order valence-corrected chi connectivity index (χ4v) is 0.342. The molecule has 5 heteroatoms. The normalized spacial score (nSPS) is 8.82. The SMILES string of the molecule is [Br][Zn][Br].[CH2-]C(=O)OC(C)(C)C. The van der Waals surface area contributed by atoms with Gasteiger partial charge in [-0.15, -0.1) is 0 Å². The second-order valence-corrected chi connectivity index (χ2v) is 16.8. The Bertz CT molecular complexity index is 112. The van der Waals surface area contributed by atoms with Crippen LogP contribution < -0.4 is 0 Å². The molecule has 0 amide bonds. The summed E-state index contributed by atoms with van der Waals surface area (Å²) in [4.78, 5) is 10.1. The van der Waals surface area contributed by atoms with Crippen molar-refractivity contribution < 1.29 is 22.7 Å². The van der Waals surface area contributed by atoms with Gasteiger partial charge in [0.25, 0.3) is 0 Å². The summed E-state index contributed by atoms with van der Waals surface area (Å²) in [5, 5.41) is 0. The first-order valence-electron chi connectivity index (χ1n) is 3.00. The molecule has 0 aromatic heterocycles. The molecule has 0 spiro atoms. The summed E-state index contributed by atoms with van der Waals surface area (Å²) in [5.41, 5.74) is -0.390. The zero-order valence-corrected chi connectivity index (χ0v) is 13.1. The molecule has 0 aromatic carbocycles. The maximum absolute atomic E-state index is 10.1. The summed E-state index contributed by atoms with van der Waals surface area (Å²) in [7, 11) is 0. The topological polar surface area (TPSA) is 26.3 Å². The van der Waals surface area contributed by atoms with E-state index in [9.17, 15) is 4.79 Å². The molecule has 0 saturated heterocycles. The number of ether oxygens (including phenoxy) is 1. The maximum atomic E-state index is 10.1. The molecule has 64 valence electrons. The maximum Gasteiger partial charge on any atom is 0.165 e. The number of carbonyl (C=O) groups is 1. The summed E-state index contributed by atoms with van der Waals surface area (Å²) in [6, 6.07) is 0. The molecule has 0 aliphatic carbocycles. The van der Waals surface area contributed by atoms with Gasteiger partial charge in [-0.3, -0.25) is 11.7 Å². The quantitative estimate of drug-likeness (QED) is 0.385. The molecule has 2 nitrogen and oxygen atoms in total. The fourth-order valence-electron chi connectivity index (χ4n) is 0.342. The Balaban J connectivity index is 0. The van der Waals surface area contributed by atoms with Gasteiger partial charge in [-0.25, -0.2) is 0 Å². The summed E-state index contributed by atoms with van der Waals surface area (Å²) >= 11 is 6.25. The average molecular weight is 340 g/mol. The van der Waals surface area contributed by atoms with E-state index in [4.69, 9.17) is 0 Å². The van der Waals surface area contributed by atoms with Gasteiger partial charge in [0.1, 0.15) is 5.60 Å². The molecule has 0 saturated carbocycles. The Hall–Kier alpha value is 0.923. The molecule has 0 aliphatic rings. The van der Waals surface area contributed by atoms with Gasteiger partial charge in [0.2, 0.25) is 0 Å². The molecule has 0 rings (SSSR count). The minimum absolute atomic E-state index is 0.250. The minimum atomic E-state index is -0.475. The van der Waals surface area contributed by atoms with Gasteiger partial charge in [-0.2, -0.15) is 0 Å². The molecule has 0 bridgehead atoms. The van der Waals surface area contributed by atoms with Gasteiger partial charge in [-0.05, 0) is 20.8 Å². The standard InChI is InChI=1S/C6H11O2.2BrH.Zn/c1-5(7)8-6(2,3)4;;;/h1H2,2-4H3;2*1H;/q-1;;;+2/p-2. The van der Waals surface area contributed by atoms with Crippen molar-refractivity contribution in [3.63, 3.8) is 0 Å². The van der Waals surface area contributed by atoms with Crippen LogP contribution in [0.25, 0.3) is 0 Å². The third kappa shape index (κ3) is 24.8. The van der Waals surface area contributed by atoms with Crippen LogP contribution in [0, 0.1) is 6.92 Å². The number of halogens is 2. The summed E-state index contributed by atoms with van der Waals surface area (Å²) in [6.07, 6.45) is 0. The smallest absolute Gasteiger partial charge is 0.165 e. The molecular formula is C6H11Br2O2Zn-. The van der Waals surface area contributed by atoms with Gasteiger partial charge < -0.3 is 4.74 Å². The number of carbonyl (C=O) groups excluding carboxylic acids is 1. The van der Waals surface area contributed by atoms with E-state index in [1.165, 1.54) is 0 Å². The summed E-state index contributed by atoms with van der Waals surface area (Å²) in [5.74, 6) is -0.475. The van der Waals surface area contributed by atoms with Crippen LogP contribution in [0.3, 0.4) is 0 Å². The zero-order valence-electron chi connectivity index (χ0n) is 6.99. The Morgan fingerprint density at radius 1 is 1.45 bits per heavy atom. The van der Waals surface area contributed by atoms with Crippen LogP contribution in [0.15, 0.2) is 0 Å². The number of rotatable bonds is 0. The second kappa shape index (κ2) is 7.57. The predicted molar refractivity (Wildman–Crippen MR) is 49.1 cm³/mol. The predicted octanol–water partition coefficient (Wildman–Crippen LogP) is 2.85. The first-order chi connectivity index (χ1) is 4.83. The van der Waals surface area contributed by atoms with Crippen LogP contribution in [0.2, 0.25) is 0 Å². The zero-order chi connectivity index (χ0) is 9.49. The fraction of sp³-hybridized carbons (Fsp3) is 0.667. The van der Waals surface area contributed by atoms with Crippen molar-refractivity contribution in [1.82, 2.24) is 0 Å². The number of hydrogen-bond donors (Lipinski definition) is 0. The van der Waals surface area contributed by atoms with Gasteiger partial charge >= 0.3 is 40.5 Å². The van der Waals surface area contributed by atoms with Crippen LogP contribution in [0.1, 0.15) is 20.8 Å². The molecule has 0 heterocycles. The van der Waals surface area contributed by atoms with Crippen molar-refractivity contribution in [3.8, 4) is 0 Å². The van der Waals surface area contributed by atoms with E-state index in [-0.39, 0.29) is 13.2 Å². The van der Waals surface area contributed by atoms with Crippen LogP contribution in [-0.2, 0) is 22.7 Å². The Morgan fingerprint density at radius 3 is 1.73 bits per heavy atom. The Morgan fingerprint density at radius 2 is 1.73 bits per heavy atom. The molecule has 0 unspecified atom stereocenters. The monoisotopic (exact) mass is 337 g/mol. The van der Waals surface area contributed by atoms with Crippen LogP contribution in [0.4, 0.5) is 0 Å². The Kier molecular flexibility index (Phi) is 9.94. The summed E-state index contributed by atoms with van der Waals surface area (Å²) < 4.78 is 4.69. The van der Waals surface area contributed by atoms with Crippen molar-refractivity contribution >= 4 is 33.2 Å². The largest absolute Gasteiger partial charge is 0.483 e. The second-order valence-electron chi connectivity index (χ2n) is 2.69. The van der Waals surface area contributed by atoms with E-state index < -0.39 is 11.6 Å². The van der Waals surface area contributed by atoms with E-state index in [2.05, 4.69) is 38.9 Å². The van der Waals surface area contributed by atoms with Crippen molar-refractivity contribution in [2.45, 2.75) is 26.4 Å². The van der Waals surface area contributed by atoms with Crippen LogP contribution in [0.5, 0.6) is 0 Å². The van der Waals surface area contributed by atoms with Crippen LogP contribution in [-0.4, -0.2) is 11.6 Å². The molecule has 0 fully saturated rings. The minimum Gasteiger partial charge on any atom is -0.483 e. The van der Waals surface area contributed by atoms with Crippen LogP contribution >= 0.6 is 27.2 Å². The average Bonchev–Trinajstić information content (AvgIpc) is 1.57. The van der Waals surface area contributed by atoms with E-state index in [1.54, 1.807) is 20.8 Å². The van der Waals surface area contributed by atoms with Crippen molar-refractivity contribution in [2.24, 2.45) is 0 Å². The van der Waals surface area contributed by atoms with E-state index in [1.807, 2.05) is 0 Å². The molecule has 0 atom stereocenters. The van der Waals surface area contributed by atoms with E-state index in [0.29, 0.717) is 0 Å². The molecule has 0 aliphatic heterocycles. The molecular weight excluding hydrogens is 329 g/mol. The van der Waals surface area contributed by atoms with Gasteiger partial charge in [0.05, 0.1) is 0 Å². The van der Waals surface area contributed by atoms with Crippen molar-refractivity contribution in [3.05, 3.63) is 6.92 Å². The van der Waals surface area contributed by atoms with Crippen molar-refractivity contribution in [1.29, 1.82) is 0 Å². The third-order valence-corrected chi connectivity index (χ3v) is 0.420. The first kappa shape index (κ1) is 14.4. The van der Waals surface area contributed by atoms with E-state index >= 15 is 0 Å². The number of esters is 1. The number of hydrogen-bond acceptors (Lipinski definition) is 2. The van der Waals surface area contributed by atoms with Crippen molar-refractivity contribution in [2.75, 3.05) is 0 Å². The molecule has 0 aromatic rings. The third-order valence-electron chi connectivity index (χ3n) is 0.420. The molecule has 0 N–H and O–H groups in total. The van der Waals surface area contributed by atoms with Gasteiger partial charge in [-0.1, -0.05) is 0 Å².